The zero-order valence-corrected chi connectivity index (χ0v) is 12.4. The minimum absolute atomic E-state index is 0.205. The molecule has 0 spiro atoms. The number of hydrogen-bond donors (Lipinski definition) is 2. The Morgan fingerprint density at radius 2 is 2.05 bits per heavy atom. The molecule has 3 N–H and O–H groups in total. The second-order valence-electron chi connectivity index (χ2n) is 5.49. The van der Waals surface area contributed by atoms with Gasteiger partial charge in [-0.05, 0) is 45.3 Å². The van der Waals surface area contributed by atoms with Crippen LogP contribution in [0.25, 0.3) is 0 Å². The lowest BCUT2D eigenvalue weighted by atomic mass is 10.0. The summed E-state index contributed by atoms with van der Waals surface area (Å²) in [6.45, 7) is 5.95. The van der Waals surface area contributed by atoms with Crippen molar-refractivity contribution in [1.82, 2.24) is 4.90 Å². The molecular weight excluding hydrogens is 248 g/mol. The van der Waals surface area contributed by atoms with E-state index in [4.69, 9.17) is 16.1 Å². The highest BCUT2D eigenvalue weighted by Gasteiger charge is 2.21. The summed E-state index contributed by atoms with van der Waals surface area (Å²) in [7, 11) is 0. The topological polar surface area (TPSA) is 65.5 Å². The van der Waals surface area contributed by atoms with Gasteiger partial charge in [-0.15, -0.1) is 0 Å². The summed E-state index contributed by atoms with van der Waals surface area (Å²) in [6.07, 6.45) is 11.4. The van der Waals surface area contributed by atoms with Crippen molar-refractivity contribution in [2.45, 2.75) is 39.2 Å². The zero-order valence-electron chi connectivity index (χ0n) is 12.4. The monoisotopic (exact) mass is 272 g/mol. The van der Waals surface area contributed by atoms with Crippen molar-refractivity contribution in [2.75, 3.05) is 13.1 Å². The first-order valence-electron chi connectivity index (χ1n) is 7.32. The summed E-state index contributed by atoms with van der Waals surface area (Å²) in [4.78, 5) is 7.11. The lowest BCUT2D eigenvalue weighted by Crippen LogP contribution is -2.38. The molecule has 4 nitrogen and oxygen atoms in total. The van der Waals surface area contributed by atoms with E-state index in [1.807, 2.05) is 0 Å². The number of nitrogens with two attached hydrogens (primary N) is 1. The third-order valence-electron chi connectivity index (χ3n) is 3.59. The highest BCUT2D eigenvalue weighted by molar-refractivity contribution is 6.03. The number of likely N-dealkylation sites (tertiary alicyclic amines) is 1. The van der Waals surface area contributed by atoms with Crippen LogP contribution in [0.1, 0.15) is 33.1 Å². The third-order valence-corrected chi connectivity index (χ3v) is 3.59. The molecule has 1 saturated heterocycles. The molecule has 2 aliphatic heterocycles. The number of rotatable bonds is 2. The molecule has 0 aromatic rings. The smallest absolute Gasteiger partial charge is 0.133 e. The van der Waals surface area contributed by atoms with E-state index in [0.29, 0.717) is 11.4 Å². The maximum atomic E-state index is 7.46. The normalized spacial score (nSPS) is 25.8. The number of nitrogens with zero attached hydrogens (tertiary/aromatic N) is 2. The molecule has 4 heteroatoms. The molecule has 0 radical (unpaired) electrons. The van der Waals surface area contributed by atoms with Gasteiger partial charge in [0.15, 0.2) is 0 Å². The van der Waals surface area contributed by atoms with Crippen LogP contribution in [0.3, 0.4) is 0 Å². The molecule has 0 aromatic heterocycles. The van der Waals surface area contributed by atoms with Crippen molar-refractivity contribution < 1.29 is 0 Å². The summed E-state index contributed by atoms with van der Waals surface area (Å²) in [5.74, 6) is 1.02. The number of aliphatic imine (C=N–C) groups is 1. The summed E-state index contributed by atoms with van der Waals surface area (Å²) in [5.41, 5.74) is 8.35. The molecule has 0 bridgehead atoms. The van der Waals surface area contributed by atoms with E-state index < -0.39 is 0 Å². The second kappa shape index (κ2) is 6.55. The Morgan fingerprint density at radius 1 is 1.35 bits per heavy atom. The van der Waals surface area contributed by atoms with Crippen LogP contribution in [-0.4, -0.2) is 35.6 Å². The summed E-state index contributed by atoms with van der Waals surface area (Å²) >= 11 is 0. The van der Waals surface area contributed by atoms with Gasteiger partial charge in [0, 0.05) is 30.1 Å². The first kappa shape index (κ1) is 14.6. The van der Waals surface area contributed by atoms with Gasteiger partial charge >= 0.3 is 0 Å². The van der Waals surface area contributed by atoms with Crippen molar-refractivity contribution in [3.05, 3.63) is 35.6 Å². The van der Waals surface area contributed by atoms with E-state index in [-0.39, 0.29) is 6.04 Å². The maximum Gasteiger partial charge on any atom is 0.133 e. The van der Waals surface area contributed by atoms with Crippen LogP contribution in [0.15, 0.2) is 40.6 Å². The Labute approximate surface area is 121 Å². The van der Waals surface area contributed by atoms with Gasteiger partial charge in [-0.2, -0.15) is 0 Å². The molecule has 0 aromatic carbocycles. The third kappa shape index (κ3) is 3.59. The molecular formula is C16H24N4. The largest absolute Gasteiger partial charge is 0.398 e. The first-order chi connectivity index (χ1) is 9.58. The standard InChI is InChI=1S/C16H24N4/c1-12(17)6-9-15(18)14-8-7-13(2)19-16(14)20-10-4-3-5-11-20/h6-9,13,17H,3-5,10-11,18H2,1-2H3/b9-6-,15-14?,17-12?. The molecule has 0 amide bonds. The molecule has 0 aliphatic carbocycles. The van der Waals surface area contributed by atoms with E-state index >= 15 is 0 Å². The van der Waals surface area contributed by atoms with Crippen molar-refractivity contribution in [1.29, 1.82) is 5.41 Å². The van der Waals surface area contributed by atoms with Crippen molar-refractivity contribution in [3.8, 4) is 0 Å². The number of piperidine rings is 1. The predicted octanol–water partition coefficient (Wildman–Crippen LogP) is 2.64. The minimum atomic E-state index is 0.205. The molecule has 0 saturated carbocycles. The van der Waals surface area contributed by atoms with Crippen LogP contribution < -0.4 is 5.73 Å². The number of allylic oxidation sites excluding steroid dienone is 2. The second-order valence-corrected chi connectivity index (χ2v) is 5.49. The lowest BCUT2D eigenvalue weighted by molar-refractivity contribution is 0.341. The van der Waals surface area contributed by atoms with Crippen LogP contribution in [0.2, 0.25) is 0 Å². The number of dihydropyridines is 1. The SMILES string of the molecule is CC(=N)/C=C\C(N)=C1C=CC(C)N=C1N1CCCCC1. The van der Waals surface area contributed by atoms with E-state index in [1.165, 1.54) is 19.3 Å². The summed E-state index contributed by atoms with van der Waals surface area (Å²) in [5, 5.41) is 7.46. The van der Waals surface area contributed by atoms with Crippen molar-refractivity contribution in [3.63, 3.8) is 0 Å². The van der Waals surface area contributed by atoms with E-state index in [9.17, 15) is 0 Å². The molecule has 1 unspecified atom stereocenters. The first-order valence-corrected chi connectivity index (χ1v) is 7.32. The fourth-order valence-electron chi connectivity index (χ4n) is 2.50. The van der Waals surface area contributed by atoms with Gasteiger partial charge in [0.2, 0.25) is 0 Å². The van der Waals surface area contributed by atoms with Crippen LogP contribution >= 0.6 is 0 Å². The van der Waals surface area contributed by atoms with Gasteiger partial charge in [-0.3, -0.25) is 4.99 Å². The van der Waals surface area contributed by atoms with Gasteiger partial charge in [0.25, 0.3) is 0 Å². The van der Waals surface area contributed by atoms with Crippen LogP contribution in [-0.2, 0) is 0 Å². The summed E-state index contributed by atoms with van der Waals surface area (Å²) in [6, 6.07) is 0.205. The number of amidine groups is 1. The average molecular weight is 272 g/mol. The van der Waals surface area contributed by atoms with E-state index in [2.05, 4.69) is 24.0 Å². The quantitative estimate of drug-likeness (QED) is 0.759. The predicted molar refractivity (Wildman–Crippen MR) is 85.2 cm³/mol. The summed E-state index contributed by atoms with van der Waals surface area (Å²) < 4.78 is 0. The van der Waals surface area contributed by atoms with Crippen LogP contribution in [0, 0.1) is 5.41 Å². The fraction of sp³-hybridized carbons (Fsp3) is 0.500. The van der Waals surface area contributed by atoms with Crippen molar-refractivity contribution in [2.24, 2.45) is 10.7 Å². The van der Waals surface area contributed by atoms with E-state index in [1.54, 1.807) is 19.1 Å². The van der Waals surface area contributed by atoms with Gasteiger partial charge < -0.3 is 16.0 Å². The van der Waals surface area contributed by atoms with E-state index in [0.717, 1.165) is 24.5 Å². The van der Waals surface area contributed by atoms with Gasteiger partial charge in [-0.1, -0.05) is 12.2 Å². The molecule has 1 atom stereocenters. The molecule has 20 heavy (non-hydrogen) atoms. The Bertz CT molecular complexity index is 491. The Kier molecular flexibility index (Phi) is 4.77. The van der Waals surface area contributed by atoms with Crippen LogP contribution in [0.5, 0.6) is 0 Å². The Hall–Kier alpha value is -1.84. The van der Waals surface area contributed by atoms with Crippen LogP contribution in [0.4, 0.5) is 0 Å². The lowest BCUT2D eigenvalue weighted by Gasteiger charge is -2.32. The molecule has 2 rings (SSSR count). The Balaban J connectivity index is 2.29. The van der Waals surface area contributed by atoms with Gasteiger partial charge in [0.05, 0.1) is 6.04 Å². The number of nitrogens with one attached hydrogen (secondary N) is 1. The zero-order chi connectivity index (χ0) is 14.5. The maximum absolute atomic E-state index is 7.46. The number of hydrogen-bond acceptors (Lipinski definition) is 4. The molecule has 2 heterocycles. The average Bonchev–Trinajstić information content (AvgIpc) is 2.45. The molecule has 1 fully saturated rings. The van der Waals surface area contributed by atoms with Gasteiger partial charge in [0.1, 0.15) is 5.84 Å². The van der Waals surface area contributed by atoms with Crippen molar-refractivity contribution >= 4 is 11.5 Å². The van der Waals surface area contributed by atoms with Gasteiger partial charge in [-0.25, -0.2) is 0 Å². The molecule has 2 aliphatic rings. The highest BCUT2D eigenvalue weighted by atomic mass is 15.2. The highest BCUT2D eigenvalue weighted by Crippen LogP contribution is 2.20. The fourth-order valence-corrected chi connectivity index (χ4v) is 2.50. The minimum Gasteiger partial charge on any atom is -0.398 e. The Morgan fingerprint density at radius 3 is 2.70 bits per heavy atom. The molecule has 108 valence electrons.